The van der Waals surface area contributed by atoms with Gasteiger partial charge in [0.2, 0.25) is 0 Å². The number of anilines is 1. The molecule has 4 aromatic rings. The Balaban J connectivity index is 1.45. The summed E-state index contributed by atoms with van der Waals surface area (Å²) in [6.07, 6.45) is -3.85. The Morgan fingerprint density at radius 3 is 2.31 bits per heavy atom. The van der Waals surface area contributed by atoms with E-state index in [0.29, 0.717) is 31.9 Å². The maximum Gasteiger partial charge on any atom is 0.416 e. The highest BCUT2D eigenvalue weighted by molar-refractivity contribution is 7.22. The van der Waals surface area contributed by atoms with Gasteiger partial charge in [-0.15, -0.1) is 0 Å². The Kier molecular flexibility index (Phi) is 7.55. The predicted octanol–water partition coefficient (Wildman–Crippen LogP) is 6.42. The van der Waals surface area contributed by atoms with Crippen LogP contribution < -0.4 is 9.64 Å². The van der Waals surface area contributed by atoms with E-state index in [-0.39, 0.29) is 6.42 Å². The molecular formula is C26H23F3N2O3S. The highest BCUT2D eigenvalue weighted by Crippen LogP contribution is 2.31. The van der Waals surface area contributed by atoms with Gasteiger partial charge in [0.05, 0.1) is 22.3 Å². The van der Waals surface area contributed by atoms with Gasteiger partial charge in [-0.1, -0.05) is 47.7 Å². The number of thiazole rings is 1. The van der Waals surface area contributed by atoms with Gasteiger partial charge in [-0.25, -0.2) is 4.98 Å². The van der Waals surface area contributed by atoms with E-state index in [1.807, 2.05) is 41.3 Å². The first-order valence-electron chi connectivity index (χ1n) is 11.0. The predicted molar refractivity (Wildman–Crippen MR) is 130 cm³/mol. The fourth-order valence-corrected chi connectivity index (χ4v) is 4.52. The van der Waals surface area contributed by atoms with Gasteiger partial charge in [-0.2, -0.15) is 13.2 Å². The van der Waals surface area contributed by atoms with E-state index in [9.17, 15) is 18.0 Å². The molecule has 1 N–H and O–H groups in total. The molecule has 0 aliphatic rings. The number of carboxylic acids is 1. The highest BCUT2D eigenvalue weighted by Gasteiger charge is 2.30. The molecule has 0 fully saturated rings. The molecule has 0 amide bonds. The smallest absolute Gasteiger partial charge is 0.416 e. The van der Waals surface area contributed by atoms with Gasteiger partial charge in [0.1, 0.15) is 12.4 Å². The Bertz CT molecular complexity index is 1240. The Morgan fingerprint density at radius 1 is 0.971 bits per heavy atom. The molecule has 0 atom stereocenters. The van der Waals surface area contributed by atoms with Gasteiger partial charge in [-0.05, 0) is 53.9 Å². The molecule has 0 aliphatic heterocycles. The van der Waals surface area contributed by atoms with Gasteiger partial charge < -0.3 is 14.7 Å². The number of alkyl halides is 3. The number of nitrogens with zero attached hydrogens (tertiary/aromatic N) is 2. The molecule has 35 heavy (non-hydrogen) atoms. The molecular weight excluding hydrogens is 477 g/mol. The van der Waals surface area contributed by atoms with Crippen LogP contribution in [0.25, 0.3) is 10.2 Å². The zero-order valence-corrected chi connectivity index (χ0v) is 19.5. The SMILES string of the molecule is O=C(O)CCc1ccc(OCCN(Cc2ccc(C(F)(F)F)cc2)c2nc3ccccc3s2)cc1. The molecule has 1 aromatic heterocycles. The van der Waals surface area contributed by atoms with Crippen molar-refractivity contribution in [2.75, 3.05) is 18.1 Å². The Hall–Kier alpha value is -3.59. The van der Waals surface area contributed by atoms with E-state index in [1.165, 1.54) is 23.5 Å². The van der Waals surface area contributed by atoms with Crippen LogP contribution in [0.15, 0.2) is 72.8 Å². The third-order valence-electron chi connectivity index (χ3n) is 5.39. The quantitative estimate of drug-likeness (QED) is 0.272. The number of para-hydroxylation sites is 1. The van der Waals surface area contributed by atoms with E-state index < -0.39 is 17.7 Å². The average Bonchev–Trinajstić information content (AvgIpc) is 3.27. The summed E-state index contributed by atoms with van der Waals surface area (Å²) in [6, 6.07) is 20.2. The minimum absolute atomic E-state index is 0.0707. The van der Waals surface area contributed by atoms with Crippen molar-refractivity contribution in [3.63, 3.8) is 0 Å². The second-order valence-corrected chi connectivity index (χ2v) is 8.98. The molecule has 3 aromatic carbocycles. The fourth-order valence-electron chi connectivity index (χ4n) is 3.53. The monoisotopic (exact) mass is 500 g/mol. The molecule has 0 radical (unpaired) electrons. The normalized spacial score (nSPS) is 11.5. The van der Waals surface area contributed by atoms with Crippen LogP contribution in [0.1, 0.15) is 23.1 Å². The van der Waals surface area contributed by atoms with Gasteiger partial charge in [0.15, 0.2) is 5.13 Å². The number of hydrogen-bond donors (Lipinski definition) is 1. The molecule has 0 bridgehead atoms. The van der Waals surface area contributed by atoms with Crippen LogP contribution in [0, 0.1) is 0 Å². The molecule has 0 aliphatic carbocycles. The lowest BCUT2D eigenvalue weighted by atomic mass is 10.1. The van der Waals surface area contributed by atoms with Crippen molar-refractivity contribution in [1.29, 1.82) is 0 Å². The number of rotatable bonds is 10. The summed E-state index contributed by atoms with van der Waals surface area (Å²) >= 11 is 1.52. The minimum atomic E-state index is -4.37. The number of aryl methyl sites for hydroxylation is 1. The van der Waals surface area contributed by atoms with Crippen LogP contribution in [0.2, 0.25) is 0 Å². The van der Waals surface area contributed by atoms with E-state index in [2.05, 4.69) is 0 Å². The van der Waals surface area contributed by atoms with Crippen molar-refractivity contribution in [1.82, 2.24) is 4.98 Å². The number of aromatic nitrogens is 1. The maximum absolute atomic E-state index is 12.9. The average molecular weight is 501 g/mol. The van der Waals surface area contributed by atoms with Crippen molar-refractivity contribution < 1.29 is 27.8 Å². The molecule has 0 spiro atoms. The third kappa shape index (κ3) is 6.73. The van der Waals surface area contributed by atoms with Gasteiger partial charge >= 0.3 is 12.1 Å². The summed E-state index contributed by atoms with van der Waals surface area (Å²) in [4.78, 5) is 17.4. The lowest BCUT2D eigenvalue weighted by molar-refractivity contribution is -0.138. The molecule has 5 nitrogen and oxygen atoms in total. The van der Waals surface area contributed by atoms with Crippen LogP contribution in [-0.4, -0.2) is 29.2 Å². The maximum atomic E-state index is 12.9. The summed E-state index contributed by atoms with van der Waals surface area (Å²) in [7, 11) is 0. The lowest BCUT2D eigenvalue weighted by Gasteiger charge is -2.22. The number of aliphatic carboxylic acids is 1. The largest absolute Gasteiger partial charge is 0.492 e. The summed E-state index contributed by atoms with van der Waals surface area (Å²) in [6.45, 7) is 1.20. The number of hydrogen-bond acceptors (Lipinski definition) is 5. The molecule has 0 saturated carbocycles. The number of carbonyl (C=O) groups is 1. The molecule has 0 saturated heterocycles. The van der Waals surface area contributed by atoms with Crippen molar-refractivity contribution in [3.8, 4) is 5.75 Å². The first kappa shape index (κ1) is 24.5. The van der Waals surface area contributed by atoms with Crippen molar-refractivity contribution in [2.24, 2.45) is 0 Å². The summed E-state index contributed by atoms with van der Waals surface area (Å²) in [5, 5.41) is 9.57. The van der Waals surface area contributed by atoms with Crippen LogP contribution in [0.5, 0.6) is 5.75 Å². The number of halogens is 3. The van der Waals surface area contributed by atoms with E-state index in [0.717, 1.165) is 38.6 Å². The summed E-state index contributed by atoms with van der Waals surface area (Å²) < 4.78 is 45.7. The molecule has 1 heterocycles. The zero-order valence-electron chi connectivity index (χ0n) is 18.7. The van der Waals surface area contributed by atoms with Gasteiger partial charge in [-0.3, -0.25) is 4.79 Å². The second-order valence-electron chi connectivity index (χ2n) is 7.97. The zero-order chi connectivity index (χ0) is 24.8. The van der Waals surface area contributed by atoms with Crippen LogP contribution in [0.3, 0.4) is 0 Å². The Morgan fingerprint density at radius 2 is 1.66 bits per heavy atom. The fraction of sp³-hybridized carbons (Fsp3) is 0.231. The number of carboxylic acid groups (broad SMARTS) is 1. The standard InChI is InChI=1S/C26H23F3N2O3S/c27-26(28,29)20-10-5-19(6-11-20)17-31(25-30-22-3-1-2-4-23(22)35-25)15-16-34-21-12-7-18(8-13-21)9-14-24(32)33/h1-8,10-13H,9,14-17H2,(H,32,33). The van der Waals surface area contributed by atoms with E-state index in [4.69, 9.17) is 14.8 Å². The third-order valence-corrected chi connectivity index (χ3v) is 6.49. The molecule has 0 unspecified atom stereocenters. The Labute approximate surface area is 204 Å². The number of ether oxygens (including phenoxy) is 1. The van der Waals surface area contributed by atoms with E-state index in [1.54, 1.807) is 12.1 Å². The first-order valence-corrected chi connectivity index (χ1v) is 11.8. The van der Waals surface area contributed by atoms with Gasteiger partial charge in [0.25, 0.3) is 0 Å². The molecule has 4 rings (SSSR count). The van der Waals surface area contributed by atoms with E-state index >= 15 is 0 Å². The minimum Gasteiger partial charge on any atom is -0.492 e. The van der Waals surface area contributed by atoms with Crippen molar-refractivity contribution >= 4 is 32.7 Å². The van der Waals surface area contributed by atoms with Crippen molar-refractivity contribution in [2.45, 2.75) is 25.6 Å². The lowest BCUT2D eigenvalue weighted by Crippen LogP contribution is -2.27. The van der Waals surface area contributed by atoms with Crippen LogP contribution >= 0.6 is 11.3 Å². The summed E-state index contributed by atoms with van der Waals surface area (Å²) in [5.74, 6) is -0.184. The van der Waals surface area contributed by atoms with Gasteiger partial charge in [0, 0.05) is 13.0 Å². The van der Waals surface area contributed by atoms with Crippen molar-refractivity contribution in [3.05, 3.63) is 89.5 Å². The molecule has 182 valence electrons. The number of benzene rings is 3. The van der Waals surface area contributed by atoms with Crippen LogP contribution in [0.4, 0.5) is 18.3 Å². The number of fused-ring (bicyclic) bond motifs is 1. The topological polar surface area (TPSA) is 62.7 Å². The molecule has 9 heteroatoms. The second kappa shape index (κ2) is 10.8. The summed E-state index contributed by atoms with van der Waals surface area (Å²) in [5.41, 5.74) is 1.84. The van der Waals surface area contributed by atoms with Crippen LogP contribution in [-0.2, 0) is 23.9 Å². The first-order chi connectivity index (χ1) is 16.8. The highest BCUT2D eigenvalue weighted by atomic mass is 32.1.